The molecule has 0 aromatic heterocycles. The number of carbonyl (C=O) groups excluding carboxylic acids is 2. The second-order valence-electron chi connectivity index (χ2n) is 21.1. The fourth-order valence-corrected chi connectivity index (χ4v) is 9.54. The van der Waals surface area contributed by atoms with Crippen LogP contribution in [0.25, 0.3) is 0 Å². The summed E-state index contributed by atoms with van der Waals surface area (Å²) in [5, 5.41) is 23.9. The molecule has 0 heterocycles. The van der Waals surface area contributed by atoms with Crippen molar-refractivity contribution in [2.24, 2.45) is 0 Å². The molecule has 6 heteroatoms. The van der Waals surface area contributed by atoms with Crippen molar-refractivity contribution in [3.8, 4) is 0 Å². The van der Waals surface area contributed by atoms with E-state index < -0.39 is 18.2 Å². The largest absolute Gasteiger partial charge is 0.462 e. The fourth-order valence-electron chi connectivity index (χ4n) is 9.54. The zero-order valence-electron chi connectivity index (χ0n) is 46.5. The SMILES string of the molecule is CCCCCCCC/C=C/CCCCCCCCCC(=O)OC(CCCCC/C=C/C=C/CCCCCCCCC)CC(=O)NC(CO)C(O)CCCCCCCCCCCCCCCCCCC. The van der Waals surface area contributed by atoms with Crippen molar-refractivity contribution >= 4 is 11.9 Å². The fraction of sp³-hybridized carbons (Fsp3) is 0.873. The zero-order valence-corrected chi connectivity index (χ0v) is 46.5. The topological polar surface area (TPSA) is 95.9 Å². The molecule has 3 unspecified atom stereocenters. The van der Waals surface area contributed by atoms with E-state index in [1.165, 1.54) is 212 Å². The summed E-state index contributed by atoms with van der Waals surface area (Å²) >= 11 is 0. The molecular weight excluding hydrogens is 851 g/mol. The number of ether oxygens (including phenoxy) is 1. The van der Waals surface area contributed by atoms with Crippen molar-refractivity contribution in [1.29, 1.82) is 0 Å². The van der Waals surface area contributed by atoms with Crippen LogP contribution in [0.2, 0.25) is 0 Å². The van der Waals surface area contributed by atoms with E-state index in [2.05, 4.69) is 62.5 Å². The van der Waals surface area contributed by atoms with Gasteiger partial charge in [0.15, 0.2) is 0 Å². The number of amides is 1. The summed E-state index contributed by atoms with van der Waals surface area (Å²) in [7, 11) is 0. The maximum Gasteiger partial charge on any atom is 0.306 e. The summed E-state index contributed by atoms with van der Waals surface area (Å²) < 4.78 is 5.96. The highest BCUT2D eigenvalue weighted by Gasteiger charge is 2.24. The molecule has 0 fully saturated rings. The van der Waals surface area contributed by atoms with E-state index in [0.29, 0.717) is 19.3 Å². The number of unbranched alkanes of at least 4 members (excludes halogenated alkanes) is 39. The predicted molar refractivity (Wildman–Crippen MR) is 301 cm³/mol. The summed E-state index contributed by atoms with van der Waals surface area (Å²) in [6, 6.07) is -0.710. The Morgan fingerprint density at radius 3 is 1.13 bits per heavy atom. The second kappa shape index (κ2) is 57.0. The van der Waals surface area contributed by atoms with Crippen LogP contribution in [0.15, 0.2) is 36.5 Å². The van der Waals surface area contributed by atoms with E-state index in [4.69, 9.17) is 4.74 Å². The van der Waals surface area contributed by atoms with Crippen molar-refractivity contribution in [3.63, 3.8) is 0 Å². The molecule has 69 heavy (non-hydrogen) atoms. The molecule has 0 aromatic carbocycles. The van der Waals surface area contributed by atoms with Gasteiger partial charge in [-0.1, -0.05) is 276 Å². The number of aliphatic hydroxyl groups excluding tert-OH is 2. The number of hydrogen-bond donors (Lipinski definition) is 3. The Labute approximate surface area is 430 Å². The molecule has 1 amide bonds. The summed E-state index contributed by atoms with van der Waals surface area (Å²) in [5.74, 6) is -0.489. The Morgan fingerprint density at radius 1 is 0.420 bits per heavy atom. The maximum atomic E-state index is 13.3. The Morgan fingerprint density at radius 2 is 0.739 bits per heavy atom. The molecule has 0 radical (unpaired) electrons. The van der Waals surface area contributed by atoms with Crippen LogP contribution in [0.3, 0.4) is 0 Å². The lowest BCUT2D eigenvalue weighted by molar-refractivity contribution is -0.151. The molecule has 0 rings (SSSR count). The monoisotopic (exact) mass is 970 g/mol. The van der Waals surface area contributed by atoms with E-state index in [-0.39, 0.29) is 24.9 Å². The Balaban J connectivity index is 4.56. The van der Waals surface area contributed by atoms with Gasteiger partial charge in [-0.05, 0) is 77.0 Å². The molecule has 0 aliphatic carbocycles. The van der Waals surface area contributed by atoms with E-state index in [1.807, 2.05) is 0 Å². The normalized spacial score (nSPS) is 13.3. The number of rotatable bonds is 56. The van der Waals surface area contributed by atoms with Crippen LogP contribution in [0.1, 0.15) is 329 Å². The first-order valence-corrected chi connectivity index (χ1v) is 30.7. The summed E-state index contributed by atoms with van der Waals surface area (Å²) in [5.41, 5.74) is 0. The minimum absolute atomic E-state index is 0.0613. The number of nitrogens with one attached hydrogen (secondary N) is 1. The van der Waals surface area contributed by atoms with E-state index in [9.17, 15) is 19.8 Å². The molecule has 3 atom stereocenters. The van der Waals surface area contributed by atoms with Gasteiger partial charge in [0.2, 0.25) is 5.91 Å². The Kier molecular flexibility index (Phi) is 55.4. The summed E-state index contributed by atoms with van der Waals surface area (Å²) in [6.07, 6.45) is 69.3. The molecule has 0 saturated heterocycles. The summed E-state index contributed by atoms with van der Waals surface area (Å²) in [4.78, 5) is 26.3. The number of hydrogen-bond acceptors (Lipinski definition) is 5. The van der Waals surface area contributed by atoms with Crippen LogP contribution in [-0.2, 0) is 14.3 Å². The zero-order chi connectivity index (χ0) is 50.2. The van der Waals surface area contributed by atoms with Crippen molar-refractivity contribution in [3.05, 3.63) is 36.5 Å². The molecular formula is C63H119NO5. The highest BCUT2D eigenvalue weighted by atomic mass is 16.5. The Hall–Kier alpha value is -1.92. The van der Waals surface area contributed by atoms with Gasteiger partial charge in [-0.3, -0.25) is 9.59 Å². The lowest BCUT2D eigenvalue weighted by Gasteiger charge is -2.24. The van der Waals surface area contributed by atoms with Gasteiger partial charge in [0.1, 0.15) is 6.10 Å². The van der Waals surface area contributed by atoms with Gasteiger partial charge in [0.05, 0.1) is 25.2 Å². The second-order valence-corrected chi connectivity index (χ2v) is 21.1. The van der Waals surface area contributed by atoms with Gasteiger partial charge in [-0.15, -0.1) is 0 Å². The number of aliphatic hydroxyl groups is 2. The average molecular weight is 971 g/mol. The lowest BCUT2D eigenvalue weighted by atomic mass is 10.0. The van der Waals surface area contributed by atoms with Crippen molar-refractivity contribution in [1.82, 2.24) is 5.32 Å². The van der Waals surface area contributed by atoms with Crippen LogP contribution in [0.5, 0.6) is 0 Å². The van der Waals surface area contributed by atoms with Crippen LogP contribution in [0.4, 0.5) is 0 Å². The third kappa shape index (κ3) is 52.2. The lowest BCUT2D eigenvalue weighted by Crippen LogP contribution is -2.46. The number of allylic oxidation sites excluding steroid dienone is 6. The molecule has 3 N–H and O–H groups in total. The van der Waals surface area contributed by atoms with Crippen molar-refractivity contribution in [2.45, 2.75) is 347 Å². The Bertz CT molecular complexity index is 1130. The standard InChI is InChI=1S/C63H119NO5/c1-4-7-10-13-16-19-22-25-28-31-34-37-40-43-46-49-52-55-61(66)60(58-65)64-62(67)57-59(54-51-48-45-42-39-36-33-30-27-24-21-18-15-12-9-6-3)69-63(68)56-53-50-47-44-41-38-35-32-29-26-23-20-17-14-11-8-5-2/h26,29-30,33,36,39,59-61,65-66H,4-25,27-28,31-32,34-35,37-38,40-58H2,1-3H3,(H,64,67)/b29-26+,33-30+,39-36+. The van der Waals surface area contributed by atoms with E-state index in [1.54, 1.807) is 0 Å². The first-order valence-electron chi connectivity index (χ1n) is 30.7. The van der Waals surface area contributed by atoms with Crippen molar-refractivity contribution in [2.75, 3.05) is 6.61 Å². The minimum atomic E-state index is -0.795. The third-order valence-electron chi connectivity index (χ3n) is 14.2. The quantitative estimate of drug-likeness (QED) is 0.0244. The molecule has 0 saturated carbocycles. The highest BCUT2D eigenvalue weighted by molar-refractivity contribution is 5.77. The highest BCUT2D eigenvalue weighted by Crippen LogP contribution is 2.18. The van der Waals surface area contributed by atoms with E-state index >= 15 is 0 Å². The molecule has 0 spiro atoms. The molecule has 406 valence electrons. The van der Waals surface area contributed by atoms with Gasteiger partial charge in [0, 0.05) is 6.42 Å². The summed E-state index contributed by atoms with van der Waals surface area (Å²) in [6.45, 7) is 6.51. The minimum Gasteiger partial charge on any atom is -0.462 e. The van der Waals surface area contributed by atoms with Gasteiger partial charge >= 0.3 is 5.97 Å². The number of carbonyl (C=O) groups is 2. The maximum absolute atomic E-state index is 13.3. The van der Waals surface area contributed by atoms with E-state index in [0.717, 1.165) is 70.6 Å². The molecule has 6 nitrogen and oxygen atoms in total. The molecule has 0 aliphatic rings. The van der Waals surface area contributed by atoms with Crippen molar-refractivity contribution < 1.29 is 24.5 Å². The molecule has 0 aliphatic heterocycles. The first kappa shape index (κ1) is 67.1. The molecule has 0 bridgehead atoms. The van der Waals surface area contributed by atoms with Gasteiger partial charge in [0.25, 0.3) is 0 Å². The number of esters is 1. The average Bonchev–Trinajstić information content (AvgIpc) is 3.34. The van der Waals surface area contributed by atoms with Crippen LogP contribution in [-0.4, -0.2) is 46.9 Å². The van der Waals surface area contributed by atoms with Gasteiger partial charge < -0.3 is 20.3 Å². The van der Waals surface area contributed by atoms with Crippen LogP contribution in [0, 0.1) is 0 Å². The third-order valence-corrected chi connectivity index (χ3v) is 14.2. The molecule has 0 aromatic rings. The predicted octanol–water partition coefficient (Wildman–Crippen LogP) is 19.2. The van der Waals surface area contributed by atoms with Gasteiger partial charge in [-0.2, -0.15) is 0 Å². The smallest absolute Gasteiger partial charge is 0.306 e. The van der Waals surface area contributed by atoms with Gasteiger partial charge in [-0.25, -0.2) is 0 Å². The van der Waals surface area contributed by atoms with Crippen LogP contribution >= 0.6 is 0 Å². The van der Waals surface area contributed by atoms with Crippen LogP contribution < -0.4 is 5.32 Å². The first-order chi connectivity index (χ1) is 34.0.